The molecule has 0 radical (unpaired) electrons. The van der Waals surface area contributed by atoms with Gasteiger partial charge in [0.05, 0.1) is 5.92 Å². The summed E-state index contributed by atoms with van der Waals surface area (Å²) in [7, 11) is 0. The van der Waals surface area contributed by atoms with E-state index in [1.54, 1.807) is 6.92 Å². The minimum atomic E-state index is -0.411. The summed E-state index contributed by atoms with van der Waals surface area (Å²) in [4.78, 5) is 22.4. The van der Waals surface area contributed by atoms with E-state index in [1.807, 2.05) is 0 Å². The van der Waals surface area contributed by atoms with Crippen molar-refractivity contribution >= 4 is 11.6 Å². The molecule has 0 amide bonds. The van der Waals surface area contributed by atoms with E-state index < -0.39 is 5.92 Å². The molecule has 0 spiro atoms. The highest BCUT2D eigenvalue weighted by molar-refractivity contribution is 6.10. The molecule has 0 N–H and O–H groups in total. The maximum Gasteiger partial charge on any atom is 0.215 e. The van der Waals surface area contributed by atoms with Crippen LogP contribution in [0.15, 0.2) is 0 Å². The molecule has 0 aliphatic heterocycles. The molecule has 1 atom stereocenters. The van der Waals surface area contributed by atoms with Crippen LogP contribution in [0.2, 0.25) is 0 Å². The largest absolute Gasteiger partial charge is 0.299 e. The van der Waals surface area contributed by atoms with Gasteiger partial charge in [0.2, 0.25) is 5.78 Å². The lowest BCUT2D eigenvalue weighted by atomic mass is 9.85. The van der Waals surface area contributed by atoms with Crippen LogP contribution in [-0.4, -0.2) is 11.6 Å². The Hall–Kier alpha value is -1.10. The third-order valence-electron chi connectivity index (χ3n) is 2.12. The maximum atomic E-state index is 11.2. The molecule has 1 rings (SSSR count). The SMILES string of the molecule is CC#CC(=O)C1CCCCC1=O. The minimum absolute atomic E-state index is 0.0778. The van der Waals surface area contributed by atoms with Crippen LogP contribution >= 0.6 is 0 Å². The second-order valence-electron chi connectivity index (χ2n) is 3.00. The Morgan fingerprint density at radius 3 is 2.83 bits per heavy atom. The lowest BCUT2D eigenvalue weighted by molar-refractivity contribution is -0.131. The van der Waals surface area contributed by atoms with E-state index in [-0.39, 0.29) is 11.6 Å². The lowest BCUT2D eigenvalue weighted by Gasteiger charge is -2.16. The highest BCUT2D eigenvalue weighted by Gasteiger charge is 2.27. The molecule has 1 aliphatic carbocycles. The number of hydrogen-bond donors (Lipinski definition) is 0. The third kappa shape index (κ3) is 1.94. The molecule has 1 saturated carbocycles. The van der Waals surface area contributed by atoms with Crippen molar-refractivity contribution in [1.29, 1.82) is 0 Å². The van der Waals surface area contributed by atoms with Crippen LogP contribution in [0.5, 0.6) is 0 Å². The number of carbonyl (C=O) groups excluding carboxylic acids is 2. The van der Waals surface area contributed by atoms with E-state index in [4.69, 9.17) is 0 Å². The quantitative estimate of drug-likeness (QED) is 0.333. The molecule has 64 valence electrons. The number of rotatable bonds is 1. The van der Waals surface area contributed by atoms with Crippen molar-refractivity contribution in [1.82, 2.24) is 0 Å². The van der Waals surface area contributed by atoms with Crippen molar-refractivity contribution < 1.29 is 9.59 Å². The molecular formula is C10H12O2. The van der Waals surface area contributed by atoms with E-state index in [2.05, 4.69) is 11.8 Å². The fraction of sp³-hybridized carbons (Fsp3) is 0.600. The van der Waals surface area contributed by atoms with Gasteiger partial charge in [0.15, 0.2) is 0 Å². The Morgan fingerprint density at radius 1 is 1.50 bits per heavy atom. The second kappa shape index (κ2) is 4.06. The first-order valence-electron chi connectivity index (χ1n) is 4.25. The van der Waals surface area contributed by atoms with Crippen molar-refractivity contribution in [3.8, 4) is 11.8 Å². The van der Waals surface area contributed by atoms with Crippen LogP contribution < -0.4 is 0 Å². The molecule has 0 saturated heterocycles. The molecule has 1 aliphatic rings. The molecule has 2 heteroatoms. The van der Waals surface area contributed by atoms with Crippen molar-refractivity contribution in [3.05, 3.63) is 0 Å². The van der Waals surface area contributed by atoms with Crippen LogP contribution in [0.4, 0.5) is 0 Å². The summed E-state index contributed by atoms with van der Waals surface area (Å²) in [6.07, 6.45) is 3.17. The average molecular weight is 164 g/mol. The fourth-order valence-electron chi connectivity index (χ4n) is 1.47. The van der Waals surface area contributed by atoms with Crippen LogP contribution in [0, 0.1) is 17.8 Å². The first-order valence-corrected chi connectivity index (χ1v) is 4.25. The summed E-state index contributed by atoms with van der Waals surface area (Å²) in [6, 6.07) is 0. The summed E-state index contributed by atoms with van der Waals surface area (Å²) in [5.74, 6) is 4.44. The summed E-state index contributed by atoms with van der Waals surface area (Å²) in [6.45, 7) is 1.62. The highest BCUT2D eigenvalue weighted by Crippen LogP contribution is 2.20. The Labute approximate surface area is 72.3 Å². The smallest absolute Gasteiger partial charge is 0.215 e. The van der Waals surface area contributed by atoms with Crippen LogP contribution in [-0.2, 0) is 9.59 Å². The Balaban J connectivity index is 2.64. The van der Waals surface area contributed by atoms with Gasteiger partial charge in [0, 0.05) is 6.42 Å². The second-order valence-corrected chi connectivity index (χ2v) is 3.00. The molecule has 1 unspecified atom stereocenters. The van der Waals surface area contributed by atoms with E-state index in [1.165, 1.54) is 0 Å². The average Bonchev–Trinajstić information content (AvgIpc) is 2.05. The molecule has 2 nitrogen and oxygen atoms in total. The van der Waals surface area contributed by atoms with Gasteiger partial charge in [-0.25, -0.2) is 0 Å². The Morgan fingerprint density at radius 2 is 2.25 bits per heavy atom. The fourth-order valence-corrected chi connectivity index (χ4v) is 1.47. The molecular weight excluding hydrogens is 152 g/mol. The minimum Gasteiger partial charge on any atom is -0.299 e. The van der Waals surface area contributed by atoms with Gasteiger partial charge in [0.25, 0.3) is 0 Å². The Kier molecular flexibility index (Phi) is 3.04. The van der Waals surface area contributed by atoms with Gasteiger partial charge in [-0.05, 0) is 25.7 Å². The van der Waals surface area contributed by atoms with E-state index in [0.29, 0.717) is 12.8 Å². The summed E-state index contributed by atoms with van der Waals surface area (Å²) in [5, 5.41) is 0. The van der Waals surface area contributed by atoms with Gasteiger partial charge in [-0.1, -0.05) is 12.3 Å². The van der Waals surface area contributed by atoms with Gasteiger partial charge >= 0.3 is 0 Å². The standard InChI is InChI=1S/C10H12O2/c1-2-5-9(11)8-6-3-4-7-10(8)12/h8H,3-4,6-7H2,1H3. The zero-order valence-corrected chi connectivity index (χ0v) is 7.22. The van der Waals surface area contributed by atoms with Crippen LogP contribution in [0.25, 0.3) is 0 Å². The normalized spacial score (nSPS) is 22.8. The molecule has 12 heavy (non-hydrogen) atoms. The van der Waals surface area contributed by atoms with Crippen molar-refractivity contribution in [2.24, 2.45) is 5.92 Å². The summed E-state index contributed by atoms with van der Waals surface area (Å²) >= 11 is 0. The van der Waals surface area contributed by atoms with Gasteiger partial charge in [-0.3, -0.25) is 9.59 Å². The van der Waals surface area contributed by atoms with E-state index in [0.717, 1.165) is 12.8 Å². The number of hydrogen-bond acceptors (Lipinski definition) is 2. The van der Waals surface area contributed by atoms with Gasteiger partial charge in [0.1, 0.15) is 5.78 Å². The molecule has 1 fully saturated rings. The van der Waals surface area contributed by atoms with Crippen molar-refractivity contribution in [2.75, 3.05) is 0 Å². The first kappa shape index (κ1) is 8.99. The highest BCUT2D eigenvalue weighted by atomic mass is 16.1. The van der Waals surface area contributed by atoms with Crippen molar-refractivity contribution in [2.45, 2.75) is 32.6 Å². The van der Waals surface area contributed by atoms with Gasteiger partial charge < -0.3 is 0 Å². The van der Waals surface area contributed by atoms with Crippen LogP contribution in [0.3, 0.4) is 0 Å². The topological polar surface area (TPSA) is 34.1 Å². The predicted octanol–water partition coefficient (Wildman–Crippen LogP) is 1.34. The van der Waals surface area contributed by atoms with Crippen molar-refractivity contribution in [3.63, 3.8) is 0 Å². The zero-order chi connectivity index (χ0) is 8.97. The molecule has 0 aromatic carbocycles. The maximum absolute atomic E-state index is 11.2. The number of Topliss-reactive ketones (excluding diaryl/α,β-unsaturated/α-hetero) is 2. The van der Waals surface area contributed by atoms with Crippen LogP contribution in [0.1, 0.15) is 32.6 Å². The first-order chi connectivity index (χ1) is 5.75. The molecule has 0 aromatic heterocycles. The number of ketones is 2. The van der Waals surface area contributed by atoms with Gasteiger partial charge in [-0.15, -0.1) is 0 Å². The summed E-state index contributed by atoms with van der Waals surface area (Å²) < 4.78 is 0. The van der Waals surface area contributed by atoms with E-state index >= 15 is 0 Å². The third-order valence-corrected chi connectivity index (χ3v) is 2.12. The monoisotopic (exact) mass is 164 g/mol. The van der Waals surface area contributed by atoms with E-state index in [9.17, 15) is 9.59 Å². The van der Waals surface area contributed by atoms with Gasteiger partial charge in [-0.2, -0.15) is 0 Å². The number of carbonyl (C=O) groups is 2. The molecule has 0 heterocycles. The molecule has 0 bridgehead atoms. The lowest BCUT2D eigenvalue weighted by Crippen LogP contribution is -2.26. The summed E-state index contributed by atoms with van der Waals surface area (Å²) in [5.41, 5.74) is 0. The molecule has 0 aromatic rings. The predicted molar refractivity (Wildman–Crippen MR) is 45.4 cm³/mol. The zero-order valence-electron chi connectivity index (χ0n) is 7.22. The Bertz CT molecular complexity index is 255.